The number of rotatable bonds is 9. The maximum atomic E-state index is 8.78. The van der Waals surface area contributed by atoms with Crippen LogP contribution < -0.4 is 0 Å². The van der Waals surface area contributed by atoms with Gasteiger partial charge in [-0.15, -0.1) is 0 Å². The normalized spacial score (nSPS) is 12.0. The summed E-state index contributed by atoms with van der Waals surface area (Å²) in [4.78, 5) is 9.01. The van der Waals surface area contributed by atoms with E-state index in [-0.39, 0.29) is 5.84 Å². The van der Waals surface area contributed by atoms with E-state index in [1.165, 1.54) is 10.8 Å². The highest BCUT2D eigenvalue weighted by molar-refractivity contribution is 6.18. The van der Waals surface area contributed by atoms with Gasteiger partial charge in [-0.1, -0.05) is 158 Å². The fourth-order valence-corrected chi connectivity index (χ4v) is 5.19. The number of aromatic nitrogens is 1. The summed E-state index contributed by atoms with van der Waals surface area (Å²) in [5.41, 5.74) is 8.70. The first-order valence-corrected chi connectivity index (χ1v) is 15.2. The molecular formula is C43H33N3. The maximum Gasteiger partial charge on any atom is 0.151 e. The number of nitrogens with one attached hydrogen (secondary N) is 1. The molecule has 6 rings (SSSR count). The third kappa shape index (κ3) is 7.47. The molecule has 0 fully saturated rings. The lowest BCUT2D eigenvalue weighted by Gasteiger charge is -2.07. The minimum absolute atomic E-state index is 0.103. The van der Waals surface area contributed by atoms with E-state index < -0.39 is 0 Å². The van der Waals surface area contributed by atoms with Crippen LogP contribution in [0.5, 0.6) is 0 Å². The van der Waals surface area contributed by atoms with Gasteiger partial charge in [0.1, 0.15) is 0 Å². The van der Waals surface area contributed by atoms with Crippen LogP contribution in [0.15, 0.2) is 187 Å². The zero-order valence-electron chi connectivity index (χ0n) is 25.4. The summed E-state index contributed by atoms with van der Waals surface area (Å²) in [6.07, 6.45) is 15.4. The predicted octanol–water partition coefficient (Wildman–Crippen LogP) is 10.9. The van der Waals surface area contributed by atoms with Crippen LogP contribution in [-0.4, -0.2) is 16.5 Å². The zero-order chi connectivity index (χ0) is 31.6. The number of benzene rings is 5. The Hall–Kier alpha value is -6.19. The van der Waals surface area contributed by atoms with Crippen molar-refractivity contribution in [2.45, 2.75) is 0 Å². The van der Waals surface area contributed by atoms with Crippen LogP contribution in [-0.2, 0) is 0 Å². The molecule has 0 aliphatic heterocycles. The number of hydrogen-bond donors (Lipinski definition) is 1. The Kier molecular flexibility index (Phi) is 9.43. The molecule has 46 heavy (non-hydrogen) atoms. The molecule has 6 aromatic rings. The van der Waals surface area contributed by atoms with Gasteiger partial charge in [-0.05, 0) is 56.8 Å². The van der Waals surface area contributed by atoms with Gasteiger partial charge in [0.2, 0.25) is 0 Å². The van der Waals surface area contributed by atoms with Gasteiger partial charge < -0.3 is 0 Å². The summed E-state index contributed by atoms with van der Waals surface area (Å²) in [6.45, 7) is 4.13. The first-order valence-electron chi connectivity index (χ1n) is 15.2. The lowest BCUT2D eigenvalue weighted by molar-refractivity contribution is 1.33. The molecule has 0 bridgehead atoms. The van der Waals surface area contributed by atoms with Crippen molar-refractivity contribution in [3.63, 3.8) is 0 Å². The number of nitrogens with zero attached hydrogens (tertiary/aromatic N) is 2. The lowest BCUT2D eigenvalue weighted by Crippen LogP contribution is -2.03. The summed E-state index contributed by atoms with van der Waals surface area (Å²) in [7, 11) is 0. The maximum absolute atomic E-state index is 8.78. The Bertz CT molecular complexity index is 2090. The van der Waals surface area contributed by atoms with Gasteiger partial charge in [0, 0.05) is 29.1 Å². The fourth-order valence-electron chi connectivity index (χ4n) is 5.19. The quantitative estimate of drug-likeness (QED) is 0.101. The average molecular weight is 592 g/mol. The highest BCUT2D eigenvalue weighted by Gasteiger charge is 2.06. The summed E-state index contributed by atoms with van der Waals surface area (Å²) in [6, 6.07) is 45.5. The van der Waals surface area contributed by atoms with Crippen LogP contribution in [0.4, 0.5) is 0 Å². The molecule has 220 valence electrons. The highest BCUT2D eigenvalue weighted by Crippen LogP contribution is 2.23. The highest BCUT2D eigenvalue weighted by atomic mass is 14.8. The van der Waals surface area contributed by atoms with E-state index in [1.807, 2.05) is 73.0 Å². The van der Waals surface area contributed by atoms with E-state index in [1.54, 1.807) is 6.20 Å². The van der Waals surface area contributed by atoms with E-state index in [0.717, 1.165) is 38.9 Å². The van der Waals surface area contributed by atoms with Crippen molar-refractivity contribution in [2.24, 2.45) is 4.99 Å². The number of fused-ring (bicyclic) bond motifs is 1. The van der Waals surface area contributed by atoms with Crippen LogP contribution >= 0.6 is 0 Å². The topological polar surface area (TPSA) is 49.1 Å². The second kappa shape index (κ2) is 14.5. The number of allylic oxidation sites excluding steroid dienone is 3. The second-order valence-corrected chi connectivity index (χ2v) is 10.8. The molecule has 0 spiro atoms. The van der Waals surface area contributed by atoms with Crippen molar-refractivity contribution in [1.82, 2.24) is 4.98 Å². The van der Waals surface area contributed by atoms with Gasteiger partial charge in [0.25, 0.3) is 0 Å². The summed E-state index contributed by atoms with van der Waals surface area (Å²) >= 11 is 0. The molecule has 1 N–H and O–H groups in total. The van der Waals surface area contributed by atoms with E-state index in [9.17, 15) is 0 Å². The van der Waals surface area contributed by atoms with Crippen LogP contribution in [0.1, 0.15) is 16.7 Å². The molecule has 0 radical (unpaired) electrons. The van der Waals surface area contributed by atoms with Crippen molar-refractivity contribution in [1.29, 1.82) is 5.41 Å². The Labute approximate surface area is 270 Å². The standard InChI is InChI=1S/C43H33N3/c1-32(12-5-6-16-36-18-10-19-37-17-7-8-22-41(36)37)43(44)46-42(38-26-24-35(25-27-38)34-14-3-2-4-15-34)28-23-33-13-9-20-39(30-33)40-21-11-29-45-31-40/h2-31,44H,1H2/b12-5-,16-6+,28-23+,44-43?,46-42+. The molecule has 1 heterocycles. The summed E-state index contributed by atoms with van der Waals surface area (Å²) < 4.78 is 0. The number of pyridine rings is 1. The van der Waals surface area contributed by atoms with Crippen molar-refractivity contribution in [3.05, 3.63) is 199 Å². The molecule has 0 aliphatic carbocycles. The Morgan fingerprint density at radius 1 is 0.630 bits per heavy atom. The summed E-state index contributed by atoms with van der Waals surface area (Å²) in [5, 5.41) is 11.2. The zero-order valence-corrected chi connectivity index (χ0v) is 25.4. The third-order valence-corrected chi connectivity index (χ3v) is 7.65. The van der Waals surface area contributed by atoms with Crippen LogP contribution in [0.25, 0.3) is 45.2 Å². The average Bonchev–Trinajstić information content (AvgIpc) is 3.12. The van der Waals surface area contributed by atoms with Gasteiger partial charge in [-0.2, -0.15) is 0 Å². The Balaban J connectivity index is 1.25. The molecular weight excluding hydrogens is 558 g/mol. The van der Waals surface area contributed by atoms with E-state index in [4.69, 9.17) is 10.4 Å². The van der Waals surface area contributed by atoms with E-state index >= 15 is 0 Å². The van der Waals surface area contributed by atoms with Crippen molar-refractivity contribution >= 4 is 34.5 Å². The van der Waals surface area contributed by atoms with Crippen molar-refractivity contribution in [3.8, 4) is 22.3 Å². The van der Waals surface area contributed by atoms with Crippen molar-refractivity contribution in [2.75, 3.05) is 0 Å². The molecule has 1 aromatic heterocycles. The minimum Gasteiger partial charge on any atom is -0.282 e. The molecule has 0 aliphatic rings. The van der Waals surface area contributed by atoms with Crippen LogP contribution in [0.2, 0.25) is 0 Å². The van der Waals surface area contributed by atoms with E-state index in [0.29, 0.717) is 11.3 Å². The van der Waals surface area contributed by atoms with Crippen LogP contribution in [0, 0.1) is 5.41 Å². The molecule has 0 amide bonds. The first kappa shape index (κ1) is 29.9. The molecule has 0 saturated heterocycles. The minimum atomic E-state index is 0.103. The largest absolute Gasteiger partial charge is 0.282 e. The molecule has 0 atom stereocenters. The molecule has 0 saturated carbocycles. The van der Waals surface area contributed by atoms with E-state index in [2.05, 4.69) is 115 Å². The Morgan fingerprint density at radius 2 is 1.35 bits per heavy atom. The van der Waals surface area contributed by atoms with Crippen molar-refractivity contribution < 1.29 is 0 Å². The summed E-state index contributed by atoms with van der Waals surface area (Å²) in [5.74, 6) is 0.103. The molecule has 3 heteroatoms. The van der Waals surface area contributed by atoms with Gasteiger partial charge in [0.15, 0.2) is 5.84 Å². The monoisotopic (exact) mass is 591 g/mol. The van der Waals surface area contributed by atoms with Gasteiger partial charge in [0.05, 0.1) is 5.71 Å². The molecule has 5 aromatic carbocycles. The predicted molar refractivity (Wildman–Crippen MR) is 196 cm³/mol. The lowest BCUT2D eigenvalue weighted by atomic mass is 10.0. The Morgan fingerprint density at radius 3 is 2.17 bits per heavy atom. The number of hydrogen-bond acceptors (Lipinski definition) is 2. The number of aliphatic imine (C=N–C) groups is 1. The van der Waals surface area contributed by atoms with Gasteiger partial charge in [-0.3, -0.25) is 10.4 Å². The first-order chi connectivity index (χ1) is 22.6. The second-order valence-electron chi connectivity index (χ2n) is 10.8. The molecule has 0 unspecified atom stereocenters. The number of amidine groups is 1. The van der Waals surface area contributed by atoms with Gasteiger partial charge >= 0.3 is 0 Å². The smallest absolute Gasteiger partial charge is 0.151 e. The third-order valence-electron chi connectivity index (χ3n) is 7.65. The van der Waals surface area contributed by atoms with Gasteiger partial charge in [-0.25, -0.2) is 4.99 Å². The van der Waals surface area contributed by atoms with Crippen LogP contribution in [0.3, 0.4) is 0 Å². The fraction of sp³-hybridized carbons (Fsp3) is 0. The molecule has 3 nitrogen and oxygen atoms in total. The SMILES string of the molecule is C=C(/C=C\C=C\c1cccc2ccccc12)C(=N)/N=C(\C=C\c1cccc(-c2cccnc2)c1)c1ccc(-c2ccccc2)cc1.